The lowest BCUT2D eigenvalue weighted by molar-refractivity contribution is 0.0527. The Morgan fingerprint density at radius 2 is 1.04 bits per heavy atom. The molecule has 12 nitrogen and oxygen atoms in total. The number of nitrogens with two attached hydrogens (primary N) is 1. The van der Waals surface area contributed by atoms with Gasteiger partial charge in [0.1, 0.15) is 17.0 Å². The van der Waals surface area contributed by atoms with Gasteiger partial charge in [-0.25, -0.2) is 24.7 Å². The maximum absolute atomic E-state index is 11.7. The van der Waals surface area contributed by atoms with Crippen LogP contribution in [0.4, 0.5) is 16.4 Å². The summed E-state index contributed by atoms with van der Waals surface area (Å²) in [6.07, 6.45) is 8.87. The molecule has 2 aromatic carbocycles. The number of halogens is 4. The Morgan fingerprint density at radius 3 is 1.44 bits per heavy atom. The number of rotatable bonds is 15. The minimum Gasteiger partial charge on any atom is -0.444 e. The molecular weight excluding hydrogens is 806 g/mol. The van der Waals surface area contributed by atoms with E-state index in [1.807, 2.05) is 57.2 Å². The SMILES string of the molecule is CC(C)(C)OC(=O)NCCCCCNc1nc2cc(Cl)c(Cl)cc2nc1-c1ccccn1.NCCCCCNc1nc2cc(Cl)c(Cl)cc2nc1-c1ccccn1. The van der Waals surface area contributed by atoms with E-state index in [2.05, 4.69) is 30.9 Å². The van der Waals surface area contributed by atoms with Gasteiger partial charge < -0.3 is 26.4 Å². The summed E-state index contributed by atoms with van der Waals surface area (Å²) < 4.78 is 5.23. The first-order valence-electron chi connectivity index (χ1n) is 18.7. The zero-order valence-corrected chi connectivity index (χ0v) is 35.1. The van der Waals surface area contributed by atoms with Crippen LogP contribution in [0.15, 0.2) is 73.1 Å². The highest BCUT2D eigenvalue weighted by atomic mass is 35.5. The number of nitrogens with one attached hydrogen (secondary N) is 3. The number of hydrogen-bond acceptors (Lipinski definition) is 11. The molecule has 0 fully saturated rings. The molecule has 4 heterocycles. The lowest BCUT2D eigenvalue weighted by atomic mass is 10.2. The number of unbranched alkanes of at least 4 members (excludes halogenated alkanes) is 4. The third kappa shape index (κ3) is 13.2. The molecule has 0 unspecified atom stereocenters. The van der Waals surface area contributed by atoms with Crippen LogP contribution in [0.2, 0.25) is 20.1 Å². The number of pyridine rings is 2. The molecule has 1 amide bonds. The molecule has 0 bridgehead atoms. The van der Waals surface area contributed by atoms with Crippen molar-refractivity contribution in [2.24, 2.45) is 5.73 Å². The maximum Gasteiger partial charge on any atom is 0.407 e. The Balaban J connectivity index is 0.000000224. The Labute approximate surface area is 352 Å². The minimum absolute atomic E-state index is 0.388. The van der Waals surface area contributed by atoms with Gasteiger partial charge in [0.25, 0.3) is 0 Å². The van der Waals surface area contributed by atoms with Crippen molar-refractivity contribution in [2.45, 2.75) is 64.9 Å². The van der Waals surface area contributed by atoms with Gasteiger partial charge in [0, 0.05) is 32.0 Å². The molecule has 0 saturated carbocycles. The molecule has 5 N–H and O–H groups in total. The molecule has 6 rings (SSSR count). The molecule has 0 aliphatic rings. The van der Waals surface area contributed by atoms with Crippen LogP contribution in [-0.4, -0.2) is 67.8 Å². The van der Waals surface area contributed by atoms with Crippen molar-refractivity contribution >= 4 is 86.2 Å². The quantitative estimate of drug-likeness (QED) is 0.0726. The number of amides is 1. The van der Waals surface area contributed by atoms with E-state index >= 15 is 0 Å². The number of carbonyl (C=O) groups excluding carboxylic acids is 1. The Kier molecular flexibility index (Phi) is 16.2. The summed E-state index contributed by atoms with van der Waals surface area (Å²) in [7, 11) is 0. The minimum atomic E-state index is -0.490. The zero-order chi connectivity index (χ0) is 40.8. The number of fused-ring (bicyclic) bond motifs is 2. The van der Waals surface area contributed by atoms with E-state index in [1.54, 1.807) is 36.7 Å². The van der Waals surface area contributed by atoms with Crippen LogP contribution < -0.4 is 21.7 Å². The van der Waals surface area contributed by atoms with E-state index in [-0.39, 0.29) is 6.09 Å². The lowest BCUT2D eigenvalue weighted by Crippen LogP contribution is -2.33. The van der Waals surface area contributed by atoms with Crippen LogP contribution in [-0.2, 0) is 4.74 Å². The summed E-state index contributed by atoms with van der Waals surface area (Å²) in [6.45, 7) is 8.31. The number of nitrogens with zero attached hydrogens (tertiary/aromatic N) is 6. The van der Waals surface area contributed by atoms with Crippen molar-refractivity contribution in [1.82, 2.24) is 35.2 Å². The number of aromatic nitrogens is 6. The second-order valence-corrected chi connectivity index (χ2v) is 15.6. The molecule has 4 aromatic heterocycles. The van der Waals surface area contributed by atoms with Gasteiger partial charge in [0.05, 0.1) is 53.5 Å². The monoisotopic (exact) mass is 850 g/mol. The fraction of sp³-hybridized carbons (Fsp3) is 0.341. The number of benzene rings is 2. The topological polar surface area (TPSA) is 166 Å². The van der Waals surface area contributed by atoms with Gasteiger partial charge in [-0.05, 0) is 108 Å². The van der Waals surface area contributed by atoms with Crippen LogP contribution in [0.25, 0.3) is 44.8 Å². The lowest BCUT2D eigenvalue weighted by Gasteiger charge is -2.19. The predicted octanol–water partition coefficient (Wildman–Crippen LogP) is 10.6. The first kappa shape index (κ1) is 43.5. The van der Waals surface area contributed by atoms with Gasteiger partial charge in [-0.3, -0.25) is 9.97 Å². The summed E-state index contributed by atoms with van der Waals surface area (Å²) in [5.41, 5.74) is 10.6. The van der Waals surface area contributed by atoms with Crippen LogP contribution in [0.1, 0.15) is 59.3 Å². The van der Waals surface area contributed by atoms with Crippen molar-refractivity contribution in [2.75, 3.05) is 36.8 Å². The van der Waals surface area contributed by atoms with Crippen molar-refractivity contribution < 1.29 is 9.53 Å². The van der Waals surface area contributed by atoms with Gasteiger partial charge in [-0.15, -0.1) is 0 Å². The van der Waals surface area contributed by atoms with Crippen LogP contribution in [0.5, 0.6) is 0 Å². The Morgan fingerprint density at radius 1 is 0.614 bits per heavy atom. The molecule has 0 aliphatic carbocycles. The van der Waals surface area contributed by atoms with E-state index in [1.165, 1.54) is 0 Å². The van der Waals surface area contributed by atoms with Crippen LogP contribution in [0.3, 0.4) is 0 Å². The van der Waals surface area contributed by atoms with Gasteiger partial charge in [0.15, 0.2) is 11.6 Å². The van der Waals surface area contributed by atoms with E-state index in [9.17, 15) is 4.79 Å². The molecular formula is C41H46Cl4N10O2. The summed E-state index contributed by atoms with van der Waals surface area (Å²) in [6, 6.07) is 18.2. The fourth-order valence-electron chi connectivity index (χ4n) is 5.50. The molecule has 0 aliphatic heterocycles. The van der Waals surface area contributed by atoms with Crippen molar-refractivity contribution in [3.05, 3.63) is 93.1 Å². The molecule has 0 radical (unpaired) electrons. The Hall–Kier alpha value is -4.59. The van der Waals surface area contributed by atoms with E-state index in [0.29, 0.717) is 84.8 Å². The predicted molar refractivity (Wildman–Crippen MR) is 234 cm³/mol. The number of carbonyl (C=O) groups is 1. The summed E-state index contributed by atoms with van der Waals surface area (Å²) in [4.78, 5) is 39.3. The van der Waals surface area contributed by atoms with E-state index in [0.717, 1.165) is 56.5 Å². The number of alkyl carbamates (subject to hydrolysis) is 1. The van der Waals surface area contributed by atoms with Gasteiger partial charge in [-0.2, -0.15) is 0 Å². The fourth-order valence-corrected chi connectivity index (χ4v) is 6.14. The average Bonchev–Trinajstić information content (AvgIpc) is 3.18. The standard InChI is InChI=1S/C23H27Cl2N5O2.C18H19Cl2N5/c1-23(2,3)32-22(31)28-12-7-4-6-11-27-21-20(17-9-5-8-10-26-17)29-18-13-15(24)16(25)14-19(18)30-21;19-12-10-15-16(11-13(12)20)25-18(23-9-4-1-3-7-21)17(24-15)14-6-2-5-8-22-14/h5,8-10,13-14H,4,6-7,11-12H2,1-3H3,(H,27,30)(H,28,31);2,5-6,8,10-11H,1,3-4,7,9,21H2,(H,23,25). The molecule has 57 heavy (non-hydrogen) atoms. The largest absolute Gasteiger partial charge is 0.444 e. The summed E-state index contributed by atoms with van der Waals surface area (Å²) in [5, 5.41) is 11.3. The molecule has 0 spiro atoms. The van der Waals surface area contributed by atoms with Crippen LogP contribution in [0, 0.1) is 0 Å². The smallest absolute Gasteiger partial charge is 0.407 e. The second-order valence-electron chi connectivity index (χ2n) is 14.0. The van der Waals surface area contributed by atoms with Crippen molar-refractivity contribution in [1.29, 1.82) is 0 Å². The third-order valence-corrected chi connectivity index (χ3v) is 9.66. The first-order valence-corrected chi connectivity index (χ1v) is 20.2. The second kappa shape index (κ2) is 21.2. The van der Waals surface area contributed by atoms with E-state index in [4.69, 9.17) is 71.8 Å². The highest BCUT2D eigenvalue weighted by Gasteiger charge is 2.17. The molecule has 16 heteroatoms. The normalized spacial score (nSPS) is 11.2. The third-order valence-electron chi connectivity index (χ3n) is 8.22. The maximum atomic E-state index is 11.7. The van der Waals surface area contributed by atoms with Gasteiger partial charge in [-0.1, -0.05) is 65.0 Å². The van der Waals surface area contributed by atoms with Gasteiger partial charge in [0.2, 0.25) is 0 Å². The highest BCUT2D eigenvalue weighted by Crippen LogP contribution is 2.32. The first-order chi connectivity index (χ1) is 27.4. The van der Waals surface area contributed by atoms with Crippen molar-refractivity contribution in [3.63, 3.8) is 0 Å². The number of ether oxygens (including phenoxy) is 1. The van der Waals surface area contributed by atoms with E-state index < -0.39 is 5.60 Å². The van der Waals surface area contributed by atoms with Crippen molar-refractivity contribution in [3.8, 4) is 22.8 Å². The summed E-state index contributed by atoms with van der Waals surface area (Å²) in [5.74, 6) is 1.33. The number of anilines is 2. The zero-order valence-electron chi connectivity index (χ0n) is 32.1. The highest BCUT2D eigenvalue weighted by molar-refractivity contribution is 6.43. The number of hydrogen-bond donors (Lipinski definition) is 4. The molecule has 6 aromatic rings. The molecule has 300 valence electrons. The summed E-state index contributed by atoms with van der Waals surface area (Å²) >= 11 is 24.5. The van der Waals surface area contributed by atoms with Crippen LogP contribution >= 0.6 is 46.4 Å². The Bertz CT molecular complexity index is 2240. The average molecular weight is 853 g/mol. The molecule has 0 saturated heterocycles. The molecule has 0 atom stereocenters. The van der Waals surface area contributed by atoms with Gasteiger partial charge >= 0.3 is 6.09 Å².